The Kier molecular flexibility index (Phi) is 5.60. The summed E-state index contributed by atoms with van der Waals surface area (Å²) < 4.78 is 26.6. The van der Waals surface area contributed by atoms with E-state index in [1.807, 2.05) is 18.2 Å². The number of hydrogen-bond donors (Lipinski definition) is 1. The predicted octanol–water partition coefficient (Wildman–Crippen LogP) is 1.78. The maximum atomic E-state index is 12.2. The van der Waals surface area contributed by atoms with Crippen molar-refractivity contribution in [1.82, 2.24) is 10.2 Å². The molecule has 2 aliphatic heterocycles. The van der Waals surface area contributed by atoms with Crippen LogP contribution < -0.4 is 5.32 Å². The van der Waals surface area contributed by atoms with E-state index in [9.17, 15) is 13.2 Å². The van der Waals surface area contributed by atoms with Crippen LogP contribution in [0.5, 0.6) is 0 Å². The zero-order chi connectivity index (χ0) is 17.7. The number of hydrogen-bond acceptors (Lipinski definition) is 5. The normalized spacial score (nSPS) is 18.2. The molecule has 0 spiro atoms. The number of nitrogens with one attached hydrogen (secondary N) is 1. The van der Waals surface area contributed by atoms with Gasteiger partial charge in [-0.2, -0.15) is 0 Å². The van der Waals surface area contributed by atoms with Crippen LogP contribution in [0.15, 0.2) is 63.6 Å². The van der Waals surface area contributed by atoms with Gasteiger partial charge in [0, 0.05) is 24.2 Å². The predicted molar refractivity (Wildman–Crippen MR) is 99.9 cm³/mol. The summed E-state index contributed by atoms with van der Waals surface area (Å²) >= 11 is 1.76. The largest absolute Gasteiger partial charge is 0.352 e. The monoisotopic (exact) mass is 377 g/mol. The molecule has 1 aromatic carbocycles. The van der Waals surface area contributed by atoms with Crippen molar-refractivity contribution in [3.05, 3.63) is 54.3 Å². The summed E-state index contributed by atoms with van der Waals surface area (Å²) in [5.74, 6) is 1.10. The van der Waals surface area contributed by atoms with E-state index in [2.05, 4.69) is 21.8 Å². The Morgan fingerprint density at radius 1 is 1.24 bits per heavy atom. The average Bonchev–Trinajstić information content (AvgIpc) is 2.61. The number of benzene rings is 1. The standard InChI is InChI=1S/C17H19N3O3S2/c21-17(18-9-4-11-24-15-5-2-1-3-6-15)14-7-8-16-19-25(22,23)12-10-20(16)13-14/h1-3,5-8,13H,4,9-12H2,(H,18,21). The first kappa shape index (κ1) is 17.8. The number of carbonyl (C=O) groups excluding carboxylic acids is 1. The lowest BCUT2D eigenvalue weighted by atomic mass is 10.2. The van der Waals surface area contributed by atoms with E-state index in [4.69, 9.17) is 0 Å². The molecule has 0 fully saturated rings. The molecule has 2 aliphatic rings. The molecule has 3 rings (SSSR count). The maximum Gasteiger partial charge on any atom is 0.256 e. The van der Waals surface area contributed by atoms with E-state index in [0.29, 0.717) is 24.5 Å². The van der Waals surface area contributed by atoms with Crippen LogP contribution >= 0.6 is 11.8 Å². The van der Waals surface area contributed by atoms with Gasteiger partial charge in [-0.1, -0.05) is 18.2 Å². The van der Waals surface area contributed by atoms with Gasteiger partial charge in [0.2, 0.25) is 0 Å². The molecule has 0 radical (unpaired) electrons. The molecule has 8 heteroatoms. The van der Waals surface area contributed by atoms with E-state index >= 15 is 0 Å². The third kappa shape index (κ3) is 4.96. The van der Waals surface area contributed by atoms with E-state index in [1.54, 1.807) is 35.0 Å². The lowest BCUT2D eigenvalue weighted by molar-refractivity contribution is -0.117. The molecule has 1 amide bonds. The molecule has 0 saturated carbocycles. The van der Waals surface area contributed by atoms with Crippen LogP contribution in [-0.2, 0) is 14.8 Å². The number of rotatable bonds is 6. The van der Waals surface area contributed by atoms with Crippen LogP contribution in [0.2, 0.25) is 0 Å². The topological polar surface area (TPSA) is 78.8 Å². The number of thioether (sulfide) groups is 1. The molecule has 0 saturated heterocycles. The smallest absolute Gasteiger partial charge is 0.256 e. The van der Waals surface area contributed by atoms with Gasteiger partial charge >= 0.3 is 0 Å². The van der Waals surface area contributed by atoms with Gasteiger partial charge in [0.1, 0.15) is 5.84 Å². The van der Waals surface area contributed by atoms with Crippen molar-refractivity contribution in [2.45, 2.75) is 11.3 Å². The zero-order valence-electron chi connectivity index (χ0n) is 13.6. The molecule has 0 unspecified atom stereocenters. The Morgan fingerprint density at radius 2 is 2.04 bits per heavy atom. The van der Waals surface area contributed by atoms with Gasteiger partial charge in [0.25, 0.3) is 15.9 Å². The molecule has 6 nitrogen and oxygen atoms in total. The molecule has 132 valence electrons. The molecule has 1 N–H and O–H groups in total. The Balaban J connectivity index is 1.45. The van der Waals surface area contributed by atoms with Gasteiger partial charge in [0.05, 0.1) is 11.3 Å². The van der Waals surface area contributed by atoms with Gasteiger partial charge in [0.15, 0.2) is 0 Å². The highest BCUT2D eigenvalue weighted by molar-refractivity contribution is 7.99. The number of nitrogens with zero attached hydrogens (tertiary/aromatic N) is 2. The van der Waals surface area contributed by atoms with Crippen LogP contribution in [0.1, 0.15) is 6.42 Å². The summed E-state index contributed by atoms with van der Waals surface area (Å²) in [5.41, 5.74) is 0.508. The highest BCUT2D eigenvalue weighted by atomic mass is 32.2. The van der Waals surface area contributed by atoms with Crippen molar-refractivity contribution in [2.75, 3.05) is 24.6 Å². The van der Waals surface area contributed by atoms with Crippen LogP contribution in [0.4, 0.5) is 0 Å². The highest BCUT2D eigenvalue weighted by Gasteiger charge is 2.24. The number of carbonyl (C=O) groups is 1. The fourth-order valence-corrected chi connectivity index (χ4v) is 4.26. The highest BCUT2D eigenvalue weighted by Crippen LogP contribution is 2.18. The lowest BCUT2D eigenvalue weighted by Crippen LogP contribution is -2.38. The number of amides is 1. The van der Waals surface area contributed by atoms with Gasteiger partial charge < -0.3 is 10.2 Å². The van der Waals surface area contributed by atoms with Crippen LogP contribution in [0, 0.1) is 0 Å². The summed E-state index contributed by atoms with van der Waals surface area (Å²) in [6.45, 7) is 0.912. The maximum absolute atomic E-state index is 12.2. The van der Waals surface area contributed by atoms with Gasteiger partial charge in [-0.25, -0.2) is 8.42 Å². The first-order valence-electron chi connectivity index (χ1n) is 7.99. The first-order chi connectivity index (χ1) is 12.0. The zero-order valence-corrected chi connectivity index (χ0v) is 15.2. The van der Waals surface area contributed by atoms with E-state index in [1.165, 1.54) is 4.90 Å². The Hall–Kier alpha value is -2.06. The molecule has 0 aromatic heterocycles. The van der Waals surface area contributed by atoms with E-state index in [-0.39, 0.29) is 11.7 Å². The SMILES string of the molecule is O=C(NCCCSc1ccccc1)C1=CN2CCS(=O)(=O)N=C2C=C1. The molecule has 25 heavy (non-hydrogen) atoms. The second-order valence-electron chi connectivity index (χ2n) is 5.62. The summed E-state index contributed by atoms with van der Waals surface area (Å²) in [6, 6.07) is 10.1. The van der Waals surface area contributed by atoms with Crippen molar-refractivity contribution in [2.24, 2.45) is 4.40 Å². The molecular weight excluding hydrogens is 358 g/mol. The van der Waals surface area contributed by atoms with Crippen molar-refractivity contribution in [3.8, 4) is 0 Å². The van der Waals surface area contributed by atoms with Crippen LogP contribution in [-0.4, -0.2) is 49.7 Å². The first-order valence-corrected chi connectivity index (χ1v) is 10.6. The Morgan fingerprint density at radius 3 is 2.84 bits per heavy atom. The third-order valence-corrected chi connectivity index (χ3v) is 5.97. The molecule has 2 heterocycles. The quantitative estimate of drug-likeness (QED) is 0.604. The van der Waals surface area contributed by atoms with Crippen molar-refractivity contribution in [1.29, 1.82) is 0 Å². The number of sulfonamides is 1. The second-order valence-corrected chi connectivity index (χ2v) is 8.54. The van der Waals surface area contributed by atoms with Crippen molar-refractivity contribution >= 4 is 33.5 Å². The third-order valence-electron chi connectivity index (χ3n) is 3.70. The second kappa shape index (κ2) is 7.88. The summed E-state index contributed by atoms with van der Waals surface area (Å²) in [6.07, 6.45) is 5.69. The molecule has 0 aliphatic carbocycles. The van der Waals surface area contributed by atoms with Gasteiger partial charge in [-0.15, -0.1) is 16.2 Å². The molecule has 0 atom stereocenters. The van der Waals surface area contributed by atoms with E-state index in [0.717, 1.165) is 12.2 Å². The van der Waals surface area contributed by atoms with Crippen LogP contribution in [0.3, 0.4) is 0 Å². The molecule has 0 bridgehead atoms. The fraction of sp³-hybridized carbons (Fsp3) is 0.294. The van der Waals surface area contributed by atoms with Gasteiger partial charge in [-0.3, -0.25) is 4.79 Å². The minimum absolute atomic E-state index is 0.0353. The van der Waals surface area contributed by atoms with E-state index < -0.39 is 10.0 Å². The summed E-state index contributed by atoms with van der Waals surface area (Å²) in [5, 5.41) is 2.89. The summed E-state index contributed by atoms with van der Waals surface area (Å²) in [7, 11) is -3.37. The van der Waals surface area contributed by atoms with Crippen molar-refractivity contribution < 1.29 is 13.2 Å². The minimum Gasteiger partial charge on any atom is -0.352 e. The Labute approximate surface area is 151 Å². The number of amidine groups is 1. The molecular formula is C17H19N3O3S2. The Bertz CT molecular complexity index is 830. The van der Waals surface area contributed by atoms with Gasteiger partial charge in [-0.05, 0) is 36.5 Å². The summed E-state index contributed by atoms with van der Waals surface area (Å²) in [4.78, 5) is 15.1. The van der Waals surface area contributed by atoms with Crippen molar-refractivity contribution in [3.63, 3.8) is 0 Å². The average molecular weight is 377 g/mol. The fourth-order valence-electron chi connectivity index (χ4n) is 2.42. The minimum atomic E-state index is -3.37. The lowest BCUT2D eigenvalue weighted by Gasteiger charge is -2.26. The molecule has 1 aromatic rings. The van der Waals surface area contributed by atoms with Crippen LogP contribution in [0.25, 0.3) is 0 Å². The number of fused-ring (bicyclic) bond motifs is 1.